The van der Waals surface area contributed by atoms with Gasteiger partial charge in [-0.25, -0.2) is 0 Å². The predicted octanol–water partition coefficient (Wildman–Crippen LogP) is 5.39. The zero-order valence-electron chi connectivity index (χ0n) is 59.8. The van der Waals surface area contributed by atoms with Crippen LogP contribution in [-0.4, -0.2) is 250 Å². The Balaban J connectivity index is 1.17. The molecular formula is C71H106ClF3N12O12. The summed E-state index contributed by atoms with van der Waals surface area (Å²) in [6.07, 6.45) is 3.74. The fourth-order valence-electron chi connectivity index (χ4n) is 16.1. The van der Waals surface area contributed by atoms with Gasteiger partial charge in [-0.05, 0) is 138 Å². The van der Waals surface area contributed by atoms with Gasteiger partial charge in [-0.2, -0.15) is 13.2 Å². The number of benzene rings is 1. The van der Waals surface area contributed by atoms with Crippen LogP contribution >= 0.6 is 11.6 Å². The Labute approximate surface area is 585 Å². The molecule has 24 nitrogen and oxygen atoms in total. The maximum absolute atomic E-state index is 15.7. The van der Waals surface area contributed by atoms with E-state index in [1.165, 1.54) is 89.6 Å². The number of rotatable bonds is 10. The third-order valence-electron chi connectivity index (χ3n) is 22.6. The topological polar surface area (TPSA) is 270 Å². The van der Waals surface area contributed by atoms with Crippen molar-refractivity contribution in [2.45, 2.75) is 242 Å². The van der Waals surface area contributed by atoms with Gasteiger partial charge in [0.15, 0.2) is 0 Å². The number of nitrogens with zero attached hydrogens (tertiary/aromatic N) is 9. The van der Waals surface area contributed by atoms with E-state index in [4.69, 9.17) is 11.6 Å². The Morgan fingerprint density at radius 3 is 1.78 bits per heavy atom. The maximum atomic E-state index is 15.7. The molecule has 0 unspecified atom stereocenters. The number of carbonyl (C=O) groups excluding carboxylic acids is 12. The highest BCUT2D eigenvalue weighted by molar-refractivity contribution is 6.31. The number of carbonyl (C=O) groups is 12. The normalized spacial score (nSPS) is 28.7. The Morgan fingerprint density at radius 1 is 0.626 bits per heavy atom. The third-order valence-corrected chi connectivity index (χ3v) is 22.9. The summed E-state index contributed by atoms with van der Waals surface area (Å²) in [4.78, 5) is 192. The molecule has 4 aliphatic heterocycles. The van der Waals surface area contributed by atoms with Gasteiger partial charge in [0, 0.05) is 68.5 Å². The van der Waals surface area contributed by atoms with Crippen molar-refractivity contribution in [1.82, 2.24) is 60.0 Å². The first-order valence-electron chi connectivity index (χ1n) is 36.0. The fraction of sp³-hybridized carbons (Fsp3) is 0.746. The fourth-order valence-corrected chi connectivity index (χ4v) is 16.5. The number of hydrogen-bond acceptors (Lipinski definition) is 12. The molecule has 4 heterocycles. The van der Waals surface area contributed by atoms with Gasteiger partial charge in [0.2, 0.25) is 70.9 Å². The van der Waals surface area contributed by atoms with Crippen molar-refractivity contribution < 1.29 is 70.7 Å². The van der Waals surface area contributed by atoms with E-state index in [0.717, 1.165) is 42.7 Å². The predicted molar refractivity (Wildman–Crippen MR) is 362 cm³/mol. The molecule has 8 rings (SSSR count). The molecule has 3 saturated carbocycles. The quantitative estimate of drug-likeness (QED) is 0.266. The number of hydrogen-bond donors (Lipinski definition) is 3. The van der Waals surface area contributed by atoms with Gasteiger partial charge in [0.25, 0.3) is 0 Å². The van der Waals surface area contributed by atoms with Crippen LogP contribution in [0.25, 0.3) is 0 Å². The highest BCUT2D eigenvalue weighted by atomic mass is 35.5. The molecule has 4 saturated heterocycles. The van der Waals surface area contributed by atoms with Gasteiger partial charge in [-0.3, -0.25) is 57.5 Å². The number of likely N-dealkylation sites (N-methyl/N-ethyl adjacent to an activating group) is 6. The number of aryl methyl sites for hydroxylation is 1. The first-order chi connectivity index (χ1) is 46.7. The summed E-state index contributed by atoms with van der Waals surface area (Å²) in [6.45, 7) is 9.23. The van der Waals surface area contributed by atoms with Crippen LogP contribution in [0.15, 0.2) is 18.2 Å². The Hall–Kier alpha value is -7.06. The molecule has 3 aliphatic carbocycles. The lowest BCUT2D eigenvalue weighted by atomic mass is 9.90. The van der Waals surface area contributed by atoms with Crippen molar-refractivity contribution >= 4 is 82.5 Å². The Kier molecular flexibility index (Phi) is 26.0. The largest absolute Gasteiger partial charge is 0.417 e. The summed E-state index contributed by atoms with van der Waals surface area (Å²) >= 11 is 6.16. The minimum absolute atomic E-state index is 0.0420. The lowest BCUT2D eigenvalue weighted by Crippen LogP contribution is -2.65. The van der Waals surface area contributed by atoms with E-state index >= 15 is 24.0 Å². The molecule has 0 radical (unpaired) electrons. The summed E-state index contributed by atoms with van der Waals surface area (Å²) in [7, 11) is 8.72. The monoisotopic (exact) mass is 1410 g/mol. The third kappa shape index (κ3) is 17.5. The summed E-state index contributed by atoms with van der Waals surface area (Å²) in [5.74, 6) is -8.81. The molecular weight excluding hydrogens is 1310 g/mol. The van der Waals surface area contributed by atoms with Crippen molar-refractivity contribution in [3.8, 4) is 0 Å². The van der Waals surface area contributed by atoms with E-state index in [0.29, 0.717) is 82.9 Å². The van der Waals surface area contributed by atoms with E-state index < -0.39 is 166 Å². The van der Waals surface area contributed by atoms with Gasteiger partial charge in [0.1, 0.15) is 59.9 Å². The zero-order valence-corrected chi connectivity index (χ0v) is 60.5. The van der Waals surface area contributed by atoms with Gasteiger partial charge in [-0.15, -0.1) is 0 Å². The summed E-state index contributed by atoms with van der Waals surface area (Å²) in [6, 6.07) is -7.64. The van der Waals surface area contributed by atoms with Crippen LogP contribution in [0.3, 0.4) is 0 Å². The standard InChI is InChI=1S/C71H106ClF3N12O12/c1-12-43(4)57-66(96)80(7)44(5)62(92)87-37-31-52(87)64(94)83(10)58(46-22-13-14-23-46)67(97)79(6)41-55(88)76-50(30-28-45-27-29-48(49(72)39-45)71(73,74)75)63(93)86-36-21-26-51(86)61(91)78-70(32-17-18-33-70)69(99)84(11)59(47-24-15-16-25-47)68(98)82(9)54(65(95)85-34-19-20-35-85)40-56(89)81(8)53(38-42(2)3)60(90)77-57/h27,29,39,42-44,46-47,50-54,57-59H,12-26,28,30-38,40-41H2,1-11H3,(H,76,88)(H,77,90)(H,78,91)/t43-,44-,50-,51-,52-,53-,54-,57-,58-,59-/m0/s1. The minimum Gasteiger partial charge on any atom is -0.343 e. The number of amides is 12. The second kappa shape index (κ2) is 33.2. The first kappa shape index (κ1) is 77.7. The van der Waals surface area contributed by atoms with Gasteiger partial charge in [0.05, 0.1) is 23.6 Å². The Bertz CT molecular complexity index is 3170. The number of alkyl halides is 3. The van der Waals surface area contributed by atoms with Crippen LogP contribution < -0.4 is 16.0 Å². The number of halogens is 4. The van der Waals surface area contributed by atoms with Gasteiger partial charge >= 0.3 is 6.18 Å². The molecule has 1 spiro atoms. The Morgan fingerprint density at radius 2 is 1.22 bits per heavy atom. The zero-order chi connectivity index (χ0) is 72.7. The lowest BCUT2D eigenvalue weighted by Gasteiger charge is -2.45. The molecule has 1 aromatic rings. The van der Waals surface area contributed by atoms with Crippen LogP contribution in [0.5, 0.6) is 0 Å². The molecule has 1 aromatic carbocycles. The average molecular weight is 1410 g/mol. The number of likely N-dealkylation sites (tertiary alicyclic amines) is 1. The van der Waals surface area contributed by atoms with Crippen molar-refractivity contribution in [2.75, 3.05) is 75.0 Å². The maximum Gasteiger partial charge on any atom is 0.417 e. The van der Waals surface area contributed by atoms with Crippen LogP contribution in [0.4, 0.5) is 13.2 Å². The van der Waals surface area contributed by atoms with Crippen LogP contribution in [0, 0.1) is 23.7 Å². The molecule has 0 bridgehead atoms. The molecule has 99 heavy (non-hydrogen) atoms. The van der Waals surface area contributed by atoms with Crippen molar-refractivity contribution in [2.24, 2.45) is 23.7 Å². The number of nitrogens with one attached hydrogen (secondary N) is 3. The highest BCUT2D eigenvalue weighted by Crippen LogP contribution is 2.39. The van der Waals surface area contributed by atoms with E-state index in [9.17, 15) is 46.7 Å². The SMILES string of the molecule is CC[C@H](C)[C@@H]1NC(=O)[C@H](CC(C)C)N(C)C(=O)C[C@@H](C(=O)N2CCCC2)N(C)C(=O)[C@H](C2CCCC2)N(C)C(=O)C2(CCCC2)NC(=O)[C@@H]2CCCN2C(=O)[C@H](CCc2ccc(C(F)(F)F)c(Cl)c2)NC(=O)CN(C)C(=O)[C@H](C2CCCC2)N(C)C(=O)[C@@H]2CCN2C(=O)[C@H](C)N(C)C1=O. The molecule has 28 heteroatoms. The van der Waals surface area contributed by atoms with Gasteiger partial charge < -0.3 is 60.0 Å². The minimum atomic E-state index is -4.76. The smallest absolute Gasteiger partial charge is 0.343 e. The molecule has 12 amide bonds. The molecule has 0 aromatic heterocycles. The van der Waals surface area contributed by atoms with E-state index in [1.54, 1.807) is 11.8 Å². The van der Waals surface area contributed by atoms with E-state index in [1.807, 2.05) is 20.8 Å². The summed E-state index contributed by atoms with van der Waals surface area (Å²) in [5.41, 5.74) is -2.33. The molecule has 550 valence electrons. The van der Waals surface area contributed by atoms with Crippen molar-refractivity contribution in [3.05, 3.63) is 34.3 Å². The van der Waals surface area contributed by atoms with Crippen LogP contribution in [-0.2, 0) is 70.1 Å². The van der Waals surface area contributed by atoms with Crippen LogP contribution in [0.2, 0.25) is 5.02 Å². The van der Waals surface area contributed by atoms with Crippen molar-refractivity contribution in [3.63, 3.8) is 0 Å². The molecule has 10 atom stereocenters. The summed E-state index contributed by atoms with van der Waals surface area (Å²) in [5, 5.41) is 8.21. The number of fused-ring (bicyclic) bond motifs is 2. The molecule has 7 aliphatic rings. The first-order valence-corrected chi connectivity index (χ1v) is 36.4. The molecule has 3 N–H and O–H groups in total. The second-order valence-electron chi connectivity index (χ2n) is 29.7. The van der Waals surface area contributed by atoms with Crippen molar-refractivity contribution in [1.29, 1.82) is 0 Å². The van der Waals surface area contributed by atoms with Gasteiger partial charge in [-0.1, -0.05) is 90.3 Å². The van der Waals surface area contributed by atoms with E-state index in [-0.39, 0.29) is 75.8 Å². The van der Waals surface area contributed by atoms with E-state index in [2.05, 4.69) is 16.0 Å². The van der Waals surface area contributed by atoms with Crippen LogP contribution in [0.1, 0.15) is 181 Å². The lowest BCUT2D eigenvalue weighted by molar-refractivity contribution is -0.161. The highest BCUT2D eigenvalue weighted by Gasteiger charge is 2.53. The molecule has 7 fully saturated rings. The summed E-state index contributed by atoms with van der Waals surface area (Å²) < 4.78 is 41.6. The average Bonchev–Trinajstić information content (AvgIpc) is 1.76. The second-order valence-corrected chi connectivity index (χ2v) is 30.1.